The Bertz CT molecular complexity index is 386. The molecule has 0 saturated heterocycles. The number of rotatable bonds is 4. The van der Waals surface area contributed by atoms with Crippen LogP contribution in [0.2, 0.25) is 0 Å². The minimum atomic E-state index is 0.283. The molecule has 0 aromatic heterocycles. The van der Waals surface area contributed by atoms with Crippen LogP contribution in [-0.2, 0) is 0 Å². The van der Waals surface area contributed by atoms with Crippen LogP contribution in [0.15, 0.2) is 22.7 Å². The molecule has 1 atom stereocenters. The summed E-state index contributed by atoms with van der Waals surface area (Å²) in [6, 6.07) is 6.66. The van der Waals surface area contributed by atoms with Crippen LogP contribution < -0.4 is 11.3 Å². The highest BCUT2D eigenvalue weighted by Crippen LogP contribution is 2.33. The average molecular weight is 311 g/mol. The lowest BCUT2D eigenvalue weighted by Crippen LogP contribution is -2.30. The Kier molecular flexibility index (Phi) is 5.22. The maximum atomic E-state index is 5.78. The van der Waals surface area contributed by atoms with Crippen LogP contribution >= 0.6 is 15.9 Å². The van der Waals surface area contributed by atoms with E-state index in [1.807, 2.05) is 0 Å². The quantitative estimate of drug-likeness (QED) is 0.645. The van der Waals surface area contributed by atoms with E-state index in [4.69, 9.17) is 5.84 Å². The molecule has 0 radical (unpaired) electrons. The molecule has 0 bridgehead atoms. The number of hydrogen-bond donors (Lipinski definition) is 2. The van der Waals surface area contributed by atoms with Gasteiger partial charge < -0.3 is 0 Å². The van der Waals surface area contributed by atoms with Crippen LogP contribution in [0.25, 0.3) is 0 Å². The van der Waals surface area contributed by atoms with Gasteiger partial charge in [0.2, 0.25) is 0 Å². The second-order valence-electron chi connectivity index (χ2n) is 5.41. The van der Waals surface area contributed by atoms with Crippen molar-refractivity contribution >= 4 is 15.9 Å². The number of halogens is 1. The van der Waals surface area contributed by atoms with Gasteiger partial charge in [-0.25, -0.2) is 0 Å². The smallest absolute Gasteiger partial charge is 0.0465 e. The zero-order chi connectivity index (χ0) is 13.0. The predicted molar refractivity (Wildman–Crippen MR) is 80.1 cm³/mol. The van der Waals surface area contributed by atoms with Crippen molar-refractivity contribution in [1.82, 2.24) is 5.43 Å². The van der Waals surface area contributed by atoms with Gasteiger partial charge in [-0.2, -0.15) is 0 Å². The molecule has 0 amide bonds. The summed E-state index contributed by atoms with van der Waals surface area (Å²) in [6.07, 6.45) is 8.08. The first-order valence-electron chi connectivity index (χ1n) is 6.93. The molecular formula is C15H23BrN2. The summed E-state index contributed by atoms with van der Waals surface area (Å²) in [5, 5.41) is 0. The molecule has 1 unspecified atom stereocenters. The van der Waals surface area contributed by atoms with E-state index in [9.17, 15) is 0 Å². The summed E-state index contributed by atoms with van der Waals surface area (Å²) >= 11 is 3.60. The summed E-state index contributed by atoms with van der Waals surface area (Å²) < 4.78 is 1.17. The van der Waals surface area contributed by atoms with E-state index >= 15 is 0 Å². The third-order valence-corrected chi connectivity index (χ3v) is 5.04. The lowest BCUT2D eigenvalue weighted by molar-refractivity contribution is 0.300. The van der Waals surface area contributed by atoms with Gasteiger partial charge in [-0.3, -0.25) is 11.3 Å². The van der Waals surface area contributed by atoms with Gasteiger partial charge in [-0.1, -0.05) is 60.2 Å². The molecule has 2 rings (SSSR count). The zero-order valence-corrected chi connectivity index (χ0v) is 12.7. The second-order valence-corrected chi connectivity index (χ2v) is 6.27. The molecule has 18 heavy (non-hydrogen) atoms. The first-order valence-corrected chi connectivity index (χ1v) is 7.73. The molecule has 2 nitrogen and oxygen atoms in total. The van der Waals surface area contributed by atoms with Crippen LogP contribution in [0.5, 0.6) is 0 Å². The van der Waals surface area contributed by atoms with Crippen LogP contribution in [0.3, 0.4) is 0 Å². The van der Waals surface area contributed by atoms with E-state index in [0.717, 1.165) is 12.3 Å². The van der Waals surface area contributed by atoms with Crippen molar-refractivity contribution in [3.63, 3.8) is 0 Å². The minimum Gasteiger partial charge on any atom is -0.271 e. The van der Waals surface area contributed by atoms with Gasteiger partial charge in [0.15, 0.2) is 0 Å². The van der Waals surface area contributed by atoms with Gasteiger partial charge in [-0.05, 0) is 36.5 Å². The summed E-state index contributed by atoms with van der Waals surface area (Å²) in [4.78, 5) is 0. The molecular weight excluding hydrogens is 288 g/mol. The van der Waals surface area contributed by atoms with Crippen molar-refractivity contribution in [3.8, 4) is 0 Å². The first-order chi connectivity index (χ1) is 8.72. The summed E-state index contributed by atoms with van der Waals surface area (Å²) in [7, 11) is 0. The second kappa shape index (κ2) is 6.69. The van der Waals surface area contributed by atoms with Crippen LogP contribution in [0.4, 0.5) is 0 Å². The predicted octanol–water partition coefficient (Wildman–Crippen LogP) is 4.23. The van der Waals surface area contributed by atoms with Gasteiger partial charge in [-0.15, -0.1) is 0 Å². The molecule has 0 spiro atoms. The molecule has 1 fully saturated rings. The first kappa shape index (κ1) is 14.0. The third kappa shape index (κ3) is 3.34. The van der Waals surface area contributed by atoms with Gasteiger partial charge in [0, 0.05) is 10.5 Å². The minimum absolute atomic E-state index is 0.283. The maximum Gasteiger partial charge on any atom is 0.0465 e. The van der Waals surface area contributed by atoms with E-state index in [2.05, 4.69) is 46.5 Å². The molecule has 100 valence electrons. The molecule has 1 aromatic carbocycles. The van der Waals surface area contributed by atoms with Crippen molar-refractivity contribution in [3.05, 3.63) is 33.8 Å². The fourth-order valence-electron chi connectivity index (χ4n) is 3.04. The molecule has 1 aliphatic rings. The van der Waals surface area contributed by atoms with Crippen molar-refractivity contribution in [1.29, 1.82) is 0 Å². The summed E-state index contributed by atoms with van der Waals surface area (Å²) in [6.45, 7) is 2.16. The monoisotopic (exact) mass is 310 g/mol. The molecule has 1 aromatic rings. The molecule has 0 aliphatic heterocycles. The standard InChI is InChI=1S/C15H23BrN2/c1-11-13(8-5-9-14(11)16)15(18-17)10-12-6-3-2-4-7-12/h5,8-9,12,15,18H,2-4,6-7,10,17H2,1H3. The number of hydrazine groups is 1. The van der Waals surface area contributed by atoms with Crippen LogP contribution in [0.1, 0.15) is 55.7 Å². The molecule has 3 heteroatoms. The highest BCUT2D eigenvalue weighted by molar-refractivity contribution is 9.10. The van der Waals surface area contributed by atoms with E-state index in [0.29, 0.717) is 0 Å². The Hall–Kier alpha value is -0.380. The Labute approximate surface area is 118 Å². The van der Waals surface area contributed by atoms with Gasteiger partial charge >= 0.3 is 0 Å². The van der Waals surface area contributed by atoms with Crippen molar-refractivity contribution in [2.75, 3.05) is 0 Å². The normalized spacial score (nSPS) is 18.8. The van der Waals surface area contributed by atoms with E-state index < -0.39 is 0 Å². The molecule has 3 N–H and O–H groups in total. The Morgan fingerprint density at radius 1 is 1.33 bits per heavy atom. The zero-order valence-electron chi connectivity index (χ0n) is 11.1. The molecule has 1 aliphatic carbocycles. The third-order valence-electron chi connectivity index (χ3n) is 4.18. The number of nitrogens with one attached hydrogen (secondary N) is 1. The highest BCUT2D eigenvalue weighted by Gasteiger charge is 2.20. The Balaban J connectivity index is 2.09. The molecule has 1 saturated carbocycles. The number of hydrogen-bond acceptors (Lipinski definition) is 2. The van der Waals surface area contributed by atoms with Crippen LogP contribution in [-0.4, -0.2) is 0 Å². The average Bonchev–Trinajstić information content (AvgIpc) is 2.41. The SMILES string of the molecule is Cc1c(Br)cccc1C(CC1CCCCC1)NN. The van der Waals surface area contributed by atoms with Gasteiger partial charge in [0.25, 0.3) is 0 Å². The Morgan fingerprint density at radius 2 is 2.06 bits per heavy atom. The van der Waals surface area contributed by atoms with Gasteiger partial charge in [0.1, 0.15) is 0 Å². The van der Waals surface area contributed by atoms with Gasteiger partial charge in [0.05, 0.1) is 0 Å². The van der Waals surface area contributed by atoms with Crippen molar-refractivity contribution in [2.45, 2.75) is 51.5 Å². The van der Waals surface area contributed by atoms with Crippen molar-refractivity contribution in [2.24, 2.45) is 11.8 Å². The lowest BCUT2D eigenvalue weighted by Gasteiger charge is -2.27. The van der Waals surface area contributed by atoms with E-state index in [-0.39, 0.29) is 6.04 Å². The number of nitrogens with two attached hydrogens (primary N) is 1. The van der Waals surface area contributed by atoms with Crippen molar-refractivity contribution < 1.29 is 0 Å². The summed E-state index contributed by atoms with van der Waals surface area (Å²) in [5.74, 6) is 6.61. The van der Waals surface area contributed by atoms with E-state index in [1.54, 1.807) is 0 Å². The van der Waals surface area contributed by atoms with E-state index in [1.165, 1.54) is 47.7 Å². The fraction of sp³-hybridized carbons (Fsp3) is 0.600. The molecule has 0 heterocycles. The maximum absolute atomic E-state index is 5.78. The summed E-state index contributed by atoms with van der Waals surface area (Å²) in [5.41, 5.74) is 5.65. The van der Waals surface area contributed by atoms with Crippen LogP contribution in [0, 0.1) is 12.8 Å². The lowest BCUT2D eigenvalue weighted by atomic mass is 9.83. The topological polar surface area (TPSA) is 38.0 Å². The fourth-order valence-corrected chi connectivity index (χ4v) is 3.42. The number of benzene rings is 1. The Morgan fingerprint density at radius 3 is 2.72 bits per heavy atom. The largest absolute Gasteiger partial charge is 0.271 e. The highest BCUT2D eigenvalue weighted by atomic mass is 79.9.